The van der Waals surface area contributed by atoms with E-state index in [9.17, 15) is 68.3 Å². The van der Waals surface area contributed by atoms with Crippen LogP contribution in [0, 0.1) is 0 Å². The highest BCUT2D eigenvalue weighted by Gasteiger charge is 2.36. The van der Waals surface area contributed by atoms with Crippen molar-refractivity contribution in [1.82, 2.24) is 39.9 Å². The number of carbonyl (C=O) groups excluding carboxylic acids is 5. The first-order chi connectivity index (χ1) is 54.9. The normalized spacial score (nSPS) is 11.2. The molecule has 5 aromatic heterocycles. The van der Waals surface area contributed by atoms with Crippen LogP contribution in [0.1, 0.15) is 95.5 Å². The molecular weight excluding hydrogens is 1560 g/mol. The second-order valence-electron chi connectivity index (χ2n) is 24.8. The van der Waals surface area contributed by atoms with Crippen LogP contribution in [0.5, 0.6) is 0 Å². The van der Waals surface area contributed by atoms with Gasteiger partial charge in [-0.15, -0.1) is 0 Å². The standard InChI is InChI=1S/2C28H16ClF3N4O2.C21H15N3O.C8H4ClF3O2/c2*29-22-8-6-18(12-21(22)28(30,31)32)27(38)35-20-5-1-3-16(11-20)26(37)17-7-9-23-24(13-17)36-25(15-34-23)19-4-2-10-33-14-19;22-17-8-4-7-15(11-17)21(25)16-9-10-18-19(12-16)24-20(13-23-18)14-5-2-1-3-6-14;9-6-2-1-4(7(13)14)3-5(6)8(10,11)12/h2*1-15H,(H,35,38);1-13H,22H2;1-3H,(H,13,14). The molecular formula is C85H51Cl3F9N11O7. The molecule has 0 unspecified atom stereocenters. The highest BCUT2D eigenvalue weighted by Crippen LogP contribution is 2.39. The molecule has 0 aliphatic carbocycles. The summed E-state index contributed by atoms with van der Waals surface area (Å²) in [6.45, 7) is 0. The van der Waals surface area contributed by atoms with Crippen LogP contribution in [0.2, 0.25) is 15.1 Å². The Morgan fingerprint density at radius 1 is 0.322 bits per heavy atom. The summed E-state index contributed by atoms with van der Waals surface area (Å²) >= 11 is 16.5. The van der Waals surface area contributed by atoms with Crippen molar-refractivity contribution in [3.05, 3.63) is 362 Å². The van der Waals surface area contributed by atoms with Crippen LogP contribution in [-0.4, -0.2) is 80.1 Å². The van der Waals surface area contributed by atoms with Crippen molar-refractivity contribution in [2.24, 2.45) is 0 Å². The first-order valence-electron chi connectivity index (χ1n) is 33.7. The summed E-state index contributed by atoms with van der Waals surface area (Å²) < 4.78 is 116. The molecule has 15 aromatic rings. The molecule has 5 N–H and O–H groups in total. The van der Waals surface area contributed by atoms with Crippen molar-refractivity contribution in [2.75, 3.05) is 16.4 Å². The van der Waals surface area contributed by atoms with E-state index < -0.39 is 73.6 Å². The first-order valence-corrected chi connectivity index (χ1v) is 34.9. The molecule has 0 saturated heterocycles. The highest BCUT2D eigenvalue weighted by molar-refractivity contribution is 6.32. The summed E-state index contributed by atoms with van der Waals surface area (Å²) in [5.74, 6) is -3.72. The number of pyridine rings is 2. The summed E-state index contributed by atoms with van der Waals surface area (Å²) in [5.41, 5.74) is 13.2. The number of fused-ring (bicyclic) bond motifs is 3. The van der Waals surface area contributed by atoms with Gasteiger partial charge in [-0.2, -0.15) is 39.5 Å². The Labute approximate surface area is 660 Å². The van der Waals surface area contributed by atoms with Gasteiger partial charge >= 0.3 is 24.5 Å². The quantitative estimate of drug-likeness (QED) is 0.0447. The zero-order chi connectivity index (χ0) is 81.9. The van der Waals surface area contributed by atoms with Gasteiger partial charge in [-0.3, -0.25) is 48.9 Å². The van der Waals surface area contributed by atoms with Crippen LogP contribution in [0.15, 0.2) is 280 Å². The number of hydrogen-bond donors (Lipinski definition) is 4. The van der Waals surface area contributed by atoms with Gasteiger partial charge in [0.1, 0.15) is 0 Å². The maximum atomic E-state index is 13.2. The number of hydrogen-bond acceptors (Lipinski definition) is 15. The Morgan fingerprint density at radius 2 is 0.652 bits per heavy atom. The number of carboxylic acid groups (broad SMARTS) is 1. The average Bonchev–Trinajstić information content (AvgIpc) is 0.816. The van der Waals surface area contributed by atoms with E-state index in [1.54, 1.807) is 153 Å². The van der Waals surface area contributed by atoms with Gasteiger partial charge in [0.2, 0.25) is 0 Å². The van der Waals surface area contributed by atoms with Gasteiger partial charge in [0.05, 0.1) is 106 Å². The van der Waals surface area contributed by atoms with Crippen LogP contribution >= 0.6 is 34.8 Å². The minimum atomic E-state index is -4.71. The number of aromatic nitrogens is 8. The van der Waals surface area contributed by atoms with E-state index in [0.29, 0.717) is 85.1 Å². The second-order valence-corrected chi connectivity index (χ2v) is 26.0. The van der Waals surface area contributed by atoms with Gasteiger partial charge in [-0.25, -0.2) is 19.7 Å². The number of nitrogens with zero attached hydrogens (tertiary/aromatic N) is 8. The Morgan fingerprint density at radius 3 is 1.01 bits per heavy atom. The predicted molar refractivity (Wildman–Crippen MR) is 417 cm³/mol. The summed E-state index contributed by atoms with van der Waals surface area (Å²) in [4.78, 5) is 110. The highest BCUT2D eigenvalue weighted by atomic mass is 35.5. The maximum Gasteiger partial charge on any atom is 0.417 e. The molecule has 30 heteroatoms. The van der Waals surface area contributed by atoms with Crippen molar-refractivity contribution in [3.8, 4) is 33.8 Å². The minimum Gasteiger partial charge on any atom is -0.478 e. The summed E-state index contributed by atoms with van der Waals surface area (Å²) in [6.07, 6.45) is -2.40. The van der Waals surface area contributed by atoms with E-state index in [2.05, 4.69) is 50.5 Å². The number of amides is 2. The molecule has 0 fully saturated rings. The first kappa shape index (κ1) is 80.5. The lowest BCUT2D eigenvalue weighted by molar-refractivity contribution is -0.138. The molecule has 10 aromatic carbocycles. The molecule has 0 spiro atoms. The van der Waals surface area contributed by atoms with Gasteiger partial charge in [0.15, 0.2) is 17.3 Å². The van der Waals surface area contributed by atoms with Crippen LogP contribution in [-0.2, 0) is 18.5 Å². The molecule has 0 radical (unpaired) electrons. The predicted octanol–water partition coefficient (Wildman–Crippen LogP) is 20.9. The fourth-order valence-electron chi connectivity index (χ4n) is 11.2. The average molecular weight is 1620 g/mol. The molecule has 0 aliphatic heterocycles. The third-order valence-electron chi connectivity index (χ3n) is 16.9. The SMILES string of the molecule is Nc1cccc(C(=O)c2ccc3ncc(-c4ccccc4)nc3c2)c1.O=C(Nc1cccc(C(=O)c2ccc3ncc(-c4cccnc4)nc3c2)c1)c1ccc(Cl)c(C(F)(F)F)c1.O=C(Nc1cccc(C(=O)c2ccc3ncc(-c4cccnc4)nc3c2)c1)c1ccc(Cl)c(C(F)(F)F)c1.O=C(O)c1ccc(Cl)c(C(F)(F)F)c1. The fourth-order valence-corrected chi connectivity index (χ4v) is 11.9. The topological polar surface area (TPSA) is 276 Å². The number of alkyl halides is 9. The van der Waals surface area contributed by atoms with Gasteiger partial charge in [0, 0.05) is 103 Å². The van der Waals surface area contributed by atoms with Crippen molar-refractivity contribution in [1.29, 1.82) is 0 Å². The van der Waals surface area contributed by atoms with E-state index in [-0.39, 0.29) is 51.0 Å². The molecule has 572 valence electrons. The van der Waals surface area contributed by atoms with Crippen LogP contribution in [0.4, 0.5) is 56.6 Å². The molecule has 5 heterocycles. The summed E-state index contributed by atoms with van der Waals surface area (Å²) in [5, 5.41) is 12.0. The molecule has 18 nitrogen and oxygen atoms in total. The van der Waals surface area contributed by atoms with Gasteiger partial charge in [-0.05, 0) is 170 Å². The minimum absolute atomic E-state index is 0.0823. The smallest absolute Gasteiger partial charge is 0.417 e. The fraction of sp³-hybridized carbons (Fsp3) is 0.0353. The number of ketones is 3. The van der Waals surface area contributed by atoms with Crippen LogP contribution < -0.4 is 16.4 Å². The van der Waals surface area contributed by atoms with E-state index in [1.165, 1.54) is 36.4 Å². The number of halogens is 12. The van der Waals surface area contributed by atoms with Crippen LogP contribution in [0.25, 0.3) is 66.9 Å². The lowest BCUT2D eigenvalue weighted by Gasteiger charge is -2.12. The van der Waals surface area contributed by atoms with Crippen molar-refractivity contribution < 1.29 is 73.4 Å². The van der Waals surface area contributed by atoms with Gasteiger partial charge < -0.3 is 21.5 Å². The molecule has 0 bridgehead atoms. The number of nitrogens with one attached hydrogen (secondary N) is 2. The van der Waals surface area contributed by atoms with Gasteiger partial charge in [0.25, 0.3) is 11.8 Å². The Hall–Kier alpha value is -14.0. The zero-order valence-electron chi connectivity index (χ0n) is 58.6. The lowest BCUT2D eigenvalue weighted by Crippen LogP contribution is -2.14. The summed E-state index contributed by atoms with van der Waals surface area (Å²) in [6, 6.07) is 59.8. The van der Waals surface area contributed by atoms with Crippen molar-refractivity contribution in [2.45, 2.75) is 18.5 Å². The number of carboxylic acids is 1. The van der Waals surface area contributed by atoms with Crippen molar-refractivity contribution >= 4 is 120 Å². The number of nitrogens with two attached hydrogens (primary N) is 1. The molecule has 2 amide bonds. The molecule has 0 aliphatic rings. The largest absolute Gasteiger partial charge is 0.478 e. The van der Waals surface area contributed by atoms with E-state index in [0.717, 1.165) is 52.2 Å². The number of benzene rings is 10. The molecule has 115 heavy (non-hydrogen) atoms. The van der Waals surface area contributed by atoms with Crippen molar-refractivity contribution in [3.63, 3.8) is 0 Å². The van der Waals surface area contributed by atoms with E-state index in [1.807, 2.05) is 48.5 Å². The number of carbonyl (C=O) groups is 6. The third-order valence-corrected chi connectivity index (χ3v) is 17.9. The summed E-state index contributed by atoms with van der Waals surface area (Å²) in [7, 11) is 0. The number of anilines is 3. The van der Waals surface area contributed by atoms with E-state index in [4.69, 9.17) is 45.6 Å². The number of aromatic carboxylic acids is 1. The monoisotopic (exact) mass is 1610 g/mol. The second kappa shape index (κ2) is 34.7. The van der Waals surface area contributed by atoms with Crippen LogP contribution in [0.3, 0.4) is 0 Å². The lowest BCUT2D eigenvalue weighted by atomic mass is 10.0. The zero-order valence-corrected chi connectivity index (χ0v) is 60.9. The Bertz CT molecular complexity index is 6000. The Kier molecular flexibility index (Phi) is 24.3. The number of rotatable bonds is 14. The molecule has 15 rings (SSSR count). The Balaban J connectivity index is 0.000000149. The third kappa shape index (κ3) is 20.0. The van der Waals surface area contributed by atoms with E-state index >= 15 is 0 Å². The maximum absolute atomic E-state index is 13.2. The van der Waals surface area contributed by atoms with Gasteiger partial charge in [-0.1, -0.05) is 102 Å². The molecule has 0 saturated carbocycles. The molecule has 0 atom stereocenters. The number of nitrogen functional groups attached to an aromatic ring is 1.